The Morgan fingerprint density at radius 3 is 2.54 bits per heavy atom. The number of amides is 1. The average Bonchev–Trinajstić information content (AvgIpc) is 2.74. The molecule has 4 nitrogen and oxygen atoms in total. The third-order valence-electron chi connectivity index (χ3n) is 5.14. The van der Waals surface area contributed by atoms with Gasteiger partial charge in [0.25, 0.3) is 5.91 Å². The lowest BCUT2D eigenvalue weighted by Gasteiger charge is -2.39. The number of carbonyl (C=O) groups is 2. The van der Waals surface area contributed by atoms with E-state index in [0.29, 0.717) is 5.56 Å². The van der Waals surface area contributed by atoms with Gasteiger partial charge in [0, 0.05) is 17.1 Å². The first kappa shape index (κ1) is 17.5. The minimum absolute atomic E-state index is 0.0770. The summed E-state index contributed by atoms with van der Waals surface area (Å²) in [7, 11) is 0. The second kappa shape index (κ2) is 6.17. The molecule has 1 aliphatic heterocycles. The third-order valence-corrected chi connectivity index (χ3v) is 5.67. The Balaban J connectivity index is 1.60. The van der Waals surface area contributed by atoms with Crippen molar-refractivity contribution in [2.24, 2.45) is 10.8 Å². The Kier molecular flexibility index (Phi) is 4.49. The van der Waals surface area contributed by atoms with Crippen molar-refractivity contribution in [3.05, 3.63) is 34.3 Å². The van der Waals surface area contributed by atoms with Crippen molar-refractivity contribution in [3.8, 4) is 0 Å². The molecular weight excluding hydrogens is 370 g/mol. The number of likely N-dealkylation sites (tertiary alicyclic amines) is 1. The summed E-state index contributed by atoms with van der Waals surface area (Å²) in [5, 5.41) is 0. The molecule has 0 unspecified atom stereocenters. The molecule has 2 atom stereocenters. The minimum atomic E-state index is -0.454. The van der Waals surface area contributed by atoms with Crippen LogP contribution in [0.1, 0.15) is 50.4 Å². The van der Waals surface area contributed by atoms with Crippen LogP contribution in [0.25, 0.3) is 0 Å². The molecule has 1 heterocycles. The molecule has 2 aliphatic rings. The molecule has 1 saturated carbocycles. The van der Waals surface area contributed by atoms with E-state index in [-0.39, 0.29) is 29.4 Å². The summed E-state index contributed by atoms with van der Waals surface area (Å²) in [5.74, 6) is -0.531. The smallest absolute Gasteiger partial charge is 0.338 e. The summed E-state index contributed by atoms with van der Waals surface area (Å²) in [6.07, 6.45) is 3.22. The second-order valence-corrected chi connectivity index (χ2v) is 9.23. The number of esters is 1. The molecule has 1 aliphatic carbocycles. The van der Waals surface area contributed by atoms with Crippen LogP contribution in [0.2, 0.25) is 0 Å². The molecule has 0 N–H and O–H groups in total. The van der Waals surface area contributed by atoms with Gasteiger partial charge in [-0.05, 0) is 54.4 Å². The van der Waals surface area contributed by atoms with E-state index in [1.165, 1.54) is 0 Å². The molecule has 0 spiro atoms. The first-order chi connectivity index (χ1) is 11.2. The van der Waals surface area contributed by atoms with Crippen molar-refractivity contribution in [2.45, 2.75) is 46.1 Å². The van der Waals surface area contributed by atoms with Gasteiger partial charge in [-0.15, -0.1) is 0 Å². The molecule has 1 aromatic rings. The van der Waals surface area contributed by atoms with Gasteiger partial charge >= 0.3 is 5.97 Å². The number of halogens is 1. The molecule has 1 saturated heterocycles. The van der Waals surface area contributed by atoms with E-state index in [1.54, 1.807) is 24.3 Å². The lowest BCUT2D eigenvalue weighted by atomic mass is 9.65. The average molecular weight is 394 g/mol. The van der Waals surface area contributed by atoms with Crippen molar-refractivity contribution in [2.75, 3.05) is 13.2 Å². The van der Waals surface area contributed by atoms with Crippen molar-refractivity contribution < 1.29 is 14.3 Å². The van der Waals surface area contributed by atoms with E-state index in [0.717, 1.165) is 30.3 Å². The maximum Gasteiger partial charge on any atom is 0.338 e. The van der Waals surface area contributed by atoms with E-state index in [2.05, 4.69) is 36.7 Å². The van der Waals surface area contributed by atoms with Crippen LogP contribution < -0.4 is 0 Å². The first-order valence-electron chi connectivity index (χ1n) is 8.40. The predicted molar refractivity (Wildman–Crippen MR) is 95.7 cm³/mol. The van der Waals surface area contributed by atoms with Gasteiger partial charge in [0.05, 0.1) is 5.56 Å². The quantitative estimate of drug-likeness (QED) is 0.728. The van der Waals surface area contributed by atoms with Gasteiger partial charge in [0.15, 0.2) is 6.61 Å². The summed E-state index contributed by atoms with van der Waals surface area (Å²) < 4.78 is 6.13. The van der Waals surface area contributed by atoms with Gasteiger partial charge in [0.2, 0.25) is 0 Å². The normalized spacial score (nSPS) is 27.8. The zero-order valence-electron chi connectivity index (χ0n) is 14.5. The standard InChI is InChI=1S/C19H24BrNO3/c1-18(2)8-15-9-19(3,11-18)12-21(15)16(22)10-24-17(23)13-4-6-14(20)7-5-13/h4-7,15H,8-12H2,1-3H3/t15-,19-/m0/s1. The summed E-state index contributed by atoms with van der Waals surface area (Å²) in [6.45, 7) is 7.41. The number of hydrogen-bond donors (Lipinski definition) is 0. The molecule has 0 radical (unpaired) electrons. The van der Waals surface area contributed by atoms with Crippen LogP contribution in [0.3, 0.4) is 0 Å². The van der Waals surface area contributed by atoms with Crippen LogP contribution in [0.4, 0.5) is 0 Å². The zero-order chi connectivity index (χ0) is 17.5. The van der Waals surface area contributed by atoms with E-state index < -0.39 is 5.97 Å². The fraction of sp³-hybridized carbons (Fsp3) is 0.579. The van der Waals surface area contributed by atoms with E-state index >= 15 is 0 Å². The van der Waals surface area contributed by atoms with Crippen molar-refractivity contribution >= 4 is 27.8 Å². The van der Waals surface area contributed by atoms with Crippen molar-refractivity contribution in [1.29, 1.82) is 0 Å². The Labute approximate surface area is 151 Å². The van der Waals surface area contributed by atoms with Gasteiger partial charge in [-0.3, -0.25) is 4.79 Å². The summed E-state index contributed by atoms with van der Waals surface area (Å²) >= 11 is 3.33. The van der Waals surface area contributed by atoms with Crippen LogP contribution in [-0.4, -0.2) is 36.0 Å². The molecule has 0 aromatic heterocycles. The highest BCUT2D eigenvalue weighted by Crippen LogP contribution is 2.52. The fourth-order valence-corrected chi connectivity index (χ4v) is 4.90. The zero-order valence-corrected chi connectivity index (χ0v) is 16.1. The molecule has 2 fully saturated rings. The van der Waals surface area contributed by atoms with Crippen LogP contribution in [-0.2, 0) is 9.53 Å². The van der Waals surface area contributed by atoms with Crippen LogP contribution in [0.5, 0.6) is 0 Å². The van der Waals surface area contributed by atoms with Crippen molar-refractivity contribution in [3.63, 3.8) is 0 Å². The maximum absolute atomic E-state index is 12.6. The molecule has 130 valence electrons. The number of hydrogen-bond acceptors (Lipinski definition) is 3. The van der Waals surface area contributed by atoms with Crippen LogP contribution in [0.15, 0.2) is 28.7 Å². The van der Waals surface area contributed by atoms with Gasteiger partial charge < -0.3 is 9.64 Å². The lowest BCUT2D eigenvalue weighted by molar-refractivity contribution is -0.135. The highest BCUT2D eigenvalue weighted by molar-refractivity contribution is 9.10. The van der Waals surface area contributed by atoms with Gasteiger partial charge in [-0.25, -0.2) is 4.79 Å². The summed E-state index contributed by atoms with van der Waals surface area (Å²) in [5.41, 5.74) is 0.915. The largest absolute Gasteiger partial charge is 0.452 e. The number of ether oxygens (including phenoxy) is 1. The second-order valence-electron chi connectivity index (χ2n) is 8.32. The summed E-state index contributed by atoms with van der Waals surface area (Å²) in [4.78, 5) is 26.6. The van der Waals surface area contributed by atoms with Crippen LogP contribution in [0, 0.1) is 10.8 Å². The molecule has 24 heavy (non-hydrogen) atoms. The van der Waals surface area contributed by atoms with E-state index in [9.17, 15) is 9.59 Å². The predicted octanol–water partition coefficient (Wildman–Crippen LogP) is 4.03. The monoisotopic (exact) mass is 393 g/mol. The van der Waals surface area contributed by atoms with Crippen molar-refractivity contribution in [1.82, 2.24) is 4.90 Å². The van der Waals surface area contributed by atoms with Gasteiger partial charge in [-0.2, -0.15) is 0 Å². The number of nitrogens with zero attached hydrogens (tertiary/aromatic N) is 1. The van der Waals surface area contributed by atoms with E-state index in [4.69, 9.17) is 4.74 Å². The van der Waals surface area contributed by atoms with E-state index in [1.807, 2.05) is 4.90 Å². The third kappa shape index (κ3) is 3.66. The number of fused-ring (bicyclic) bond motifs is 2. The van der Waals surface area contributed by atoms with Gasteiger partial charge in [0.1, 0.15) is 0 Å². The molecule has 1 aromatic carbocycles. The van der Waals surface area contributed by atoms with Gasteiger partial charge in [-0.1, -0.05) is 36.7 Å². The molecule has 2 bridgehead atoms. The highest BCUT2D eigenvalue weighted by Gasteiger charge is 2.50. The minimum Gasteiger partial charge on any atom is -0.452 e. The number of rotatable bonds is 3. The number of carbonyl (C=O) groups excluding carboxylic acids is 2. The molecule has 5 heteroatoms. The number of benzene rings is 1. The molecule has 1 amide bonds. The highest BCUT2D eigenvalue weighted by atomic mass is 79.9. The maximum atomic E-state index is 12.6. The molecular formula is C19H24BrNO3. The lowest BCUT2D eigenvalue weighted by Crippen LogP contribution is -2.39. The fourth-order valence-electron chi connectivity index (χ4n) is 4.63. The Morgan fingerprint density at radius 2 is 1.88 bits per heavy atom. The Morgan fingerprint density at radius 1 is 1.21 bits per heavy atom. The first-order valence-corrected chi connectivity index (χ1v) is 9.19. The summed E-state index contributed by atoms with van der Waals surface area (Å²) in [6, 6.07) is 7.21. The Bertz CT molecular complexity index is 655. The molecule has 3 rings (SSSR count). The Hall–Kier alpha value is -1.36. The topological polar surface area (TPSA) is 46.6 Å². The SMILES string of the molecule is CC1(C)C[C@H]2C[C@](C)(CN2C(=O)COC(=O)c2ccc(Br)cc2)C1. The van der Waals surface area contributed by atoms with Crippen LogP contribution >= 0.6 is 15.9 Å².